The number of hydrogen-bond donors (Lipinski definition) is 2. The summed E-state index contributed by atoms with van der Waals surface area (Å²) >= 11 is 5.47. The smallest absolute Gasteiger partial charge is 0.263 e. The number of nitrogens with zero attached hydrogens (tertiary/aromatic N) is 2. The van der Waals surface area contributed by atoms with Crippen LogP contribution in [-0.4, -0.2) is 32.4 Å². The predicted molar refractivity (Wildman–Crippen MR) is 81.8 cm³/mol. The summed E-state index contributed by atoms with van der Waals surface area (Å²) in [6, 6.07) is 9.47. The Kier molecular flexibility index (Phi) is 6.41. The summed E-state index contributed by atoms with van der Waals surface area (Å²) in [5.41, 5.74) is 1.88. The van der Waals surface area contributed by atoms with Gasteiger partial charge in [-0.05, 0) is 24.3 Å². The molecule has 1 aromatic rings. The first kappa shape index (κ1) is 15.9. The second-order valence-corrected chi connectivity index (χ2v) is 4.58. The van der Waals surface area contributed by atoms with E-state index in [1.807, 2.05) is 49.3 Å². The van der Waals surface area contributed by atoms with Crippen molar-refractivity contribution in [2.45, 2.75) is 0 Å². The largest absolute Gasteiger partial charge is 0.378 e. The molecule has 0 saturated heterocycles. The van der Waals surface area contributed by atoms with E-state index in [0.29, 0.717) is 12.4 Å². The van der Waals surface area contributed by atoms with Gasteiger partial charge < -0.3 is 15.5 Å². The van der Waals surface area contributed by atoms with Crippen LogP contribution in [0.1, 0.15) is 0 Å². The molecular weight excluding hydrogens is 276 g/mol. The molecule has 0 atom stereocenters. The van der Waals surface area contributed by atoms with Crippen molar-refractivity contribution in [2.75, 3.05) is 36.7 Å². The number of amides is 1. The lowest BCUT2D eigenvalue weighted by atomic mass is 10.2. The lowest BCUT2D eigenvalue weighted by molar-refractivity contribution is -0.117. The molecule has 106 valence electrons. The van der Waals surface area contributed by atoms with E-state index in [9.17, 15) is 4.79 Å². The van der Waals surface area contributed by atoms with Gasteiger partial charge in [0, 0.05) is 44.1 Å². The number of halogens is 1. The highest BCUT2D eigenvalue weighted by molar-refractivity contribution is 6.18. The zero-order chi connectivity index (χ0) is 15.0. The Balaban J connectivity index is 2.69. The van der Waals surface area contributed by atoms with Crippen LogP contribution in [0.3, 0.4) is 0 Å². The molecule has 0 bridgehead atoms. The van der Waals surface area contributed by atoms with E-state index in [2.05, 4.69) is 10.6 Å². The number of alkyl halides is 1. The first-order chi connectivity index (χ1) is 9.58. The SMILES string of the molecule is CN(C)c1ccc(N/C=C(/C#N)C(=O)NCCCl)cc1. The number of carbonyl (C=O) groups excluding carboxylic acids is 1. The van der Waals surface area contributed by atoms with Crippen LogP contribution in [0.15, 0.2) is 36.0 Å². The highest BCUT2D eigenvalue weighted by atomic mass is 35.5. The van der Waals surface area contributed by atoms with E-state index >= 15 is 0 Å². The Morgan fingerprint density at radius 2 is 2.05 bits per heavy atom. The van der Waals surface area contributed by atoms with Crippen molar-refractivity contribution in [1.82, 2.24) is 5.32 Å². The van der Waals surface area contributed by atoms with Crippen molar-refractivity contribution in [3.63, 3.8) is 0 Å². The van der Waals surface area contributed by atoms with Gasteiger partial charge in [0.2, 0.25) is 0 Å². The van der Waals surface area contributed by atoms with Crippen LogP contribution >= 0.6 is 11.6 Å². The second-order valence-electron chi connectivity index (χ2n) is 4.20. The fourth-order valence-corrected chi connectivity index (χ4v) is 1.51. The van der Waals surface area contributed by atoms with Crippen LogP contribution in [0, 0.1) is 11.3 Å². The molecule has 5 nitrogen and oxygen atoms in total. The van der Waals surface area contributed by atoms with Gasteiger partial charge in [-0.15, -0.1) is 11.6 Å². The molecule has 1 rings (SSSR count). The van der Waals surface area contributed by atoms with E-state index < -0.39 is 5.91 Å². The minimum absolute atomic E-state index is 0.00630. The van der Waals surface area contributed by atoms with E-state index in [4.69, 9.17) is 16.9 Å². The van der Waals surface area contributed by atoms with Crippen LogP contribution in [0.4, 0.5) is 11.4 Å². The highest BCUT2D eigenvalue weighted by Crippen LogP contribution is 2.15. The van der Waals surface area contributed by atoms with Crippen molar-refractivity contribution < 1.29 is 4.79 Å². The molecule has 0 fully saturated rings. The average molecular weight is 293 g/mol. The normalized spacial score (nSPS) is 10.6. The van der Waals surface area contributed by atoms with Crippen molar-refractivity contribution >= 4 is 28.9 Å². The third-order valence-electron chi connectivity index (χ3n) is 2.51. The van der Waals surface area contributed by atoms with Gasteiger partial charge in [-0.1, -0.05) is 0 Å². The summed E-state index contributed by atoms with van der Waals surface area (Å²) in [7, 11) is 3.91. The van der Waals surface area contributed by atoms with Crippen LogP contribution < -0.4 is 15.5 Å². The Morgan fingerprint density at radius 3 is 2.55 bits per heavy atom. The maximum absolute atomic E-state index is 11.6. The molecule has 0 saturated carbocycles. The Bertz CT molecular complexity index is 517. The Morgan fingerprint density at radius 1 is 1.40 bits per heavy atom. The lowest BCUT2D eigenvalue weighted by Crippen LogP contribution is -2.26. The molecule has 0 unspecified atom stereocenters. The first-order valence-corrected chi connectivity index (χ1v) is 6.60. The quantitative estimate of drug-likeness (QED) is 0.477. The molecule has 0 aliphatic rings. The van der Waals surface area contributed by atoms with E-state index in [1.54, 1.807) is 0 Å². The molecule has 1 amide bonds. The topological polar surface area (TPSA) is 68.2 Å². The van der Waals surface area contributed by atoms with Crippen LogP contribution in [-0.2, 0) is 4.79 Å². The first-order valence-electron chi connectivity index (χ1n) is 6.07. The molecule has 0 aromatic heterocycles. The number of rotatable bonds is 6. The monoisotopic (exact) mass is 292 g/mol. The zero-order valence-corrected chi connectivity index (χ0v) is 12.2. The summed E-state index contributed by atoms with van der Waals surface area (Å²) < 4.78 is 0. The number of hydrogen-bond acceptors (Lipinski definition) is 4. The van der Waals surface area contributed by atoms with Crippen molar-refractivity contribution in [3.8, 4) is 6.07 Å². The maximum Gasteiger partial charge on any atom is 0.263 e. The van der Waals surface area contributed by atoms with Gasteiger partial charge in [-0.25, -0.2) is 0 Å². The van der Waals surface area contributed by atoms with E-state index in [-0.39, 0.29) is 5.57 Å². The number of nitrogens with one attached hydrogen (secondary N) is 2. The number of anilines is 2. The summed E-state index contributed by atoms with van der Waals surface area (Å²) in [5.74, 6) is -0.130. The summed E-state index contributed by atoms with van der Waals surface area (Å²) in [6.45, 7) is 0.330. The maximum atomic E-state index is 11.6. The minimum atomic E-state index is -0.439. The molecule has 0 radical (unpaired) electrons. The number of carbonyl (C=O) groups is 1. The predicted octanol–water partition coefficient (Wildman–Crippen LogP) is 1.93. The summed E-state index contributed by atoms with van der Waals surface area (Å²) in [4.78, 5) is 13.6. The van der Waals surface area contributed by atoms with Crippen LogP contribution in [0.25, 0.3) is 0 Å². The Hall–Kier alpha value is -2.19. The number of benzene rings is 1. The van der Waals surface area contributed by atoms with Gasteiger partial charge in [-0.3, -0.25) is 4.79 Å². The molecule has 6 heteroatoms. The summed E-state index contributed by atoms with van der Waals surface area (Å²) in [5, 5.41) is 14.4. The lowest BCUT2D eigenvalue weighted by Gasteiger charge is -2.12. The fraction of sp³-hybridized carbons (Fsp3) is 0.286. The van der Waals surface area contributed by atoms with Crippen molar-refractivity contribution in [2.24, 2.45) is 0 Å². The van der Waals surface area contributed by atoms with Crippen LogP contribution in [0.5, 0.6) is 0 Å². The third-order valence-corrected chi connectivity index (χ3v) is 2.70. The van der Waals surface area contributed by atoms with E-state index in [1.165, 1.54) is 6.20 Å². The van der Waals surface area contributed by atoms with Crippen molar-refractivity contribution in [3.05, 3.63) is 36.0 Å². The zero-order valence-electron chi connectivity index (χ0n) is 11.5. The van der Waals surface area contributed by atoms with Crippen molar-refractivity contribution in [1.29, 1.82) is 5.26 Å². The van der Waals surface area contributed by atoms with Gasteiger partial charge in [0.1, 0.15) is 11.6 Å². The van der Waals surface area contributed by atoms with Gasteiger partial charge in [0.15, 0.2) is 0 Å². The van der Waals surface area contributed by atoms with Gasteiger partial charge in [0.25, 0.3) is 5.91 Å². The molecule has 0 aliphatic carbocycles. The molecule has 20 heavy (non-hydrogen) atoms. The standard InChI is InChI=1S/C14H17ClN4O/c1-19(2)13-5-3-12(4-6-13)18-10-11(9-16)14(20)17-8-7-15/h3-6,10,18H,7-8H2,1-2H3,(H,17,20)/b11-10-. The molecule has 0 aliphatic heterocycles. The average Bonchev–Trinajstić information content (AvgIpc) is 2.46. The molecule has 2 N–H and O–H groups in total. The molecule has 0 heterocycles. The molecule has 0 spiro atoms. The second kappa shape index (κ2) is 8.08. The summed E-state index contributed by atoms with van der Waals surface area (Å²) in [6.07, 6.45) is 1.38. The number of nitriles is 1. The minimum Gasteiger partial charge on any atom is -0.378 e. The van der Waals surface area contributed by atoms with Gasteiger partial charge in [0.05, 0.1) is 0 Å². The highest BCUT2D eigenvalue weighted by Gasteiger charge is 2.07. The van der Waals surface area contributed by atoms with Gasteiger partial charge in [-0.2, -0.15) is 5.26 Å². The molecule has 1 aromatic carbocycles. The Labute approximate surface area is 123 Å². The van der Waals surface area contributed by atoms with E-state index in [0.717, 1.165) is 11.4 Å². The van der Waals surface area contributed by atoms with Crippen LogP contribution in [0.2, 0.25) is 0 Å². The fourth-order valence-electron chi connectivity index (χ4n) is 1.42. The van der Waals surface area contributed by atoms with Gasteiger partial charge >= 0.3 is 0 Å². The molecular formula is C14H17ClN4O. The third kappa shape index (κ3) is 4.82.